The maximum atomic E-state index is 9.73. The molecule has 26 heavy (non-hydrogen) atoms. The molecule has 1 saturated heterocycles. The molecule has 3 unspecified atom stereocenters. The van der Waals surface area contributed by atoms with E-state index in [0.29, 0.717) is 12.6 Å². The van der Waals surface area contributed by atoms with Crippen LogP contribution in [-0.4, -0.2) is 61.3 Å². The first kappa shape index (κ1) is 20.7. The van der Waals surface area contributed by atoms with Gasteiger partial charge >= 0.3 is 0 Å². The summed E-state index contributed by atoms with van der Waals surface area (Å²) in [5, 5.41) is 16.4. The van der Waals surface area contributed by atoms with Crippen LogP contribution in [0, 0.1) is 5.92 Å². The molecule has 0 aliphatic carbocycles. The van der Waals surface area contributed by atoms with Gasteiger partial charge in [0, 0.05) is 31.6 Å². The monoisotopic (exact) mass is 360 g/mol. The Kier molecular flexibility index (Phi) is 8.92. The zero-order valence-electron chi connectivity index (χ0n) is 16.6. The maximum absolute atomic E-state index is 9.73. The first-order valence-electron chi connectivity index (χ1n) is 10.1. The second-order valence-corrected chi connectivity index (χ2v) is 7.48. The Morgan fingerprint density at radius 2 is 2.08 bits per heavy atom. The molecule has 1 heterocycles. The number of benzene rings is 1. The maximum Gasteiger partial charge on any atom is 0.191 e. The fourth-order valence-electron chi connectivity index (χ4n) is 3.54. The van der Waals surface area contributed by atoms with E-state index in [1.54, 1.807) is 0 Å². The molecule has 146 valence electrons. The van der Waals surface area contributed by atoms with Crippen molar-refractivity contribution in [1.82, 2.24) is 15.5 Å². The van der Waals surface area contributed by atoms with Gasteiger partial charge in [-0.1, -0.05) is 37.3 Å². The molecule has 1 aliphatic rings. The Bertz CT molecular complexity index is 534. The Labute approximate surface area is 158 Å². The van der Waals surface area contributed by atoms with Crippen molar-refractivity contribution >= 4 is 5.96 Å². The number of hydrogen-bond donors (Lipinski definition) is 3. The lowest BCUT2D eigenvalue weighted by molar-refractivity contribution is 0.142. The van der Waals surface area contributed by atoms with Crippen molar-refractivity contribution in [2.45, 2.75) is 45.6 Å². The average molecular weight is 361 g/mol. The van der Waals surface area contributed by atoms with Crippen LogP contribution in [-0.2, 0) is 0 Å². The molecule has 5 heteroatoms. The van der Waals surface area contributed by atoms with Crippen LogP contribution in [0.2, 0.25) is 0 Å². The van der Waals surface area contributed by atoms with E-state index in [-0.39, 0.29) is 12.5 Å². The van der Waals surface area contributed by atoms with Crippen LogP contribution in [0.15, 0.2) is 35.3 Å². The standard InChI is InChI=1S/C21H36N4O/c1-4-22-21(23-13-18(3)25-12-8-9-17(2)15-25)24-14-20(16-26)19-10-6-5-7-11-19/h5-7,10-11,17-18,20,26H,4,8-9,12-16H2,1-3H3,(H2,22,23,24). The molecule has 0 aromatic heterocycles. The van der Waals surface area contributed by atoms with Gasteiger partial charge in [0.05, 0.1) is 13.2 Å². The quantitative estimate of drug-likeness (QED) is 0.492. The van der Waals surface area contributed by atoms with E-state index >= 15 is 0 Å². The summed E-state index contributed by atoms with van der Waals surface area (Å²) in [5.41, 5.74) is 1.15. The number of aliphatic hydroxyl groups is 1. The molecule has 1 fully saturated rings. The second-order valence-electron chi connectivity index (χ2n) is 7.48. The van der Waals surface area contributed by atoms with Crippen LogP contribution in [0.5, 0.6) is 0 Å². The zero-order chi connectivity index (χ0) is 18.8. The summed E-state index contributed by atoms with van der Waals surface area (Å²) < 4.78 is 0. The summed E-state index contributed by atoms with van der Waals surface area (Å²) in [7, 11) is 0. The van der Waals surface area contributed by atoms with Crippen LogP contribution in [0.1, 0.15) is 45.1 Å². The molecule has 0 bridgehead atoms. The van der Waals surface area contributed by atoms with Crippen molar-refractivity contribution in [3.63, 3.8) is 0 Å². The number of hydrogen-bond acceptors (Lipinski definition) is 3. The van der Waals surface area contributed by atoms with Gasteiger partial charge in [0.2, 0.25) is 0 Å². The highest BCUT2D eigenvalue weighted by Gasteiger charge is 2.20. The number of piperidine rings is 1. The molecule has 1 aliphatic heterocycles. The summed E-state index contributed by atoms with van der Waals surface area (Å²) >= 11 is 0. The lowest BCUT2D eigenvalue weighted by atomic mass is 9.99. The molecule has 1 aromatic carbocycles. The van der Waals surface area contributed by atoms with Gasteiger partial charge in [0.25, 0.3) is 0 Å². The van der Waals surface area contributed by atoms with E-state index in [4.69, 9.17) is 4.99 Å². The number of nitrogens with one attached hydrogen (secondary N) is 2. The average Bonchev–Trinajstić information content (AvgIpc) is 2.67. The van der Waals surface area contributed by atoms with Crippen molar-refractivity contribution in [1.29, 1.82) is 0 Å². The topological polar surface area (TPSA) is 59.9 Å². The molecule has 0 amide bonds. The highest BCUT2D eigenvalue weighted by atomic mass is 16.3. The zero-order valence-corrected chi connectivity index (χ0v) is 16.6. The number of aliphatic imine (C=N–C) groups is 1. The van der Waals surface area contributed by atoms with Crippen LogP contribution >= 0.6 is 0 Å². The Hall–Kier alpha value is -1.59. The van der Waals surface area contributed by atoms with Crippen molar-refractivity contribution in [3.05, 3.63) is 35.9 Å². The number of aliphatic hydroxyl groups excluding tert-OH is 1. The van der Waals surface area contributed by atoms with Gasteiger partial charge in [-0.25, -0.2) is 0 Å². The largest absolute Gasteiger partial charge is 0.396 e. The summed E-state index contributed by atoms with van der Waals surface area (Å²) in [5.74, 6) is 1.69. The van der Waals surface area contributed by atoms with Crippen molar-refractivity contribution in [3.8, 4) is 0 Å². The van der Waals surface area contributed by atoms with Crippen LogP contribution in [0.25, 0.3) is 0 Å². The minimum absolute atomic E-state index is 0.0698. The van der Waals surface area contributed by atoms with Gasteiger partial charge in [-0.3, -0.25) is 9.89 Å². The van der Waals surface area contributed by atoms with E-state index < -0.39 is 0 Å². The van der Waals surface area contributed by atoms with Gasteiger partial charge < -0.3 is 15.7 Å². The van der Waals surface area contributed by atoms with E-state index in [1.807, 2.05) is 18.2 Å². The molecule has 3 atom stereocenters. The predicted molar refractivity (Wildman–Crippen MR) is 110 cm³/mol. The van der Waals surface area contributed by atoms with E-state index in [0.717, 1.165) is 30.5 Å². The normalized spacial score (nSPS) is 21.2. The minimum atomic E-state index is 0.0698. The molecule has 0 radical (unpaired) electrons. The first-order valence-corrected chi connectivity index (χ1v) is 10.1. The smallest absolute Gasteiger partial charge is 0.191 e. The summed E-state index contributed by atoms with van der Waals surface area (Å²) in [6.07, 6.45) is 2.64. The SMILES string of the molecule is CCNC(=NCC(C)N1CCCC(C)C1)NCC(CO)c1ccccc1. The highest BCUT2D eigenvalue weighted by Crippen LogP contribution is 2.17. The van der Waals surface area contributed by atoms with Gasteiger partial charge in [0.15, 0.2) is 5.96 Å². The number of guanidine groups is 1. The second kappa shape index (κ2) is 11.2. The molecular formula is C21H36N4O. The third-order valence-electron chi connectivity index (χ3n) is 5.18. The highest BCUT2D eigenvalue weighted by molar-refractivity contribution is 5.79. The van der Waals surface area contributed by atoms with Gasteiger partial charge in [-0.2, -0.15) is 0 Å². The number of rotatable bonds is 8. The number of nitrogens with zero attached hydrogens (tertiary/aromatic N) is 2. The fraction of sp³-hybridized carbons (Fsp3) is 0.667. The fourth-order valence-corrected chi connectivity index (χ4v) is 3.54. The van der Waals surface area contributed by atoms with Gasteiger partial charge in [-0.15, -0.1) is 0 Å². The van der Waals surface area contributed by atoms with Gasteiger partial charge in [-0.05, 0) is 44.7 Å². The van der Waals surface area contributed by atoms with E-state index in [1.165, 1.54) is 25.9 Å². The molecular weight excluding hydrogens is 324 g/mol. The van der Waals surface area contributed by atoms with E-state index in [2.05, 4.69) is 48.4 Å². The molecule has 0 spiro atoms. The minimum Gasteiger partial charge on any atom is -0.396 e. The van der Waals surface area contributed by atoms with Crippen molar-refractivity contribution in [2.75, 3.05) is 39.3 Å². The summed E-state index contributed by atoms with van der Waals surface area (Å²) in [6.45, 7) is 11.5. The number of likely N-dealkylation sites (tertiary alicyclic amines) is 1. The van der Waals surface area contributed by atoms with Crippen LogP contribution < -0.4 is 10.6 Å². The first-order chi connectivity index (χ1) is 12.6. The third-order valence-corrected chi connectivity index (χ3v) is 5.18. The van der Waals surface area contributed by atoms with Crippen LogP contribution in [0.4, 0.5) is 0 Å². The van der Waals surface area contributed by atoms with Crippen molar-refractivity contribution in [2.24, 2.45) is 10.9 Å². The van der Waals surface area contributed by atoms with Crippen molar-refractivity contribution < 1.29 is 5.11 Å². The van der Waals surface area contributed by atoms with E-state index in [9.17, 15) is 5.11 Å². The summed E-state index contributed by atoms with van der Waals surface area (Å²) in [4.78, 5) is 7.34. The lowest BCUT2D eigenvalue weighted by Gasteiger charge is -2.35. The third kappa shape index (κ3) is 6.61. The molecule has 0 saturated carbocycles. The molecule has 1 aromatic rings. The molecule has 5 nitrogen and oxygen atoms in total. The van der Waals surface area contributed by atoms with Gasteiger partial charge in [0.1, 0.15) is 0 Å². The Balaban J connectivity index is 1.89. The lowest BCUT2D eigenvalue weighted by Crippen LogP contribution is -2.44. The Morgan fingerprint density at radius 1 is 1.31 bits per heavy atom. The predicted octanol–water partition coefficient (Wildman–Crippen LogP) is 2.44. The van der Waals surface area contributed by atoms with Crippen LogP contribution in [0.3, 0.4) is 0 Å². The molecule has 3 N–H and O–H groups in total. The Morgan fingerprint density at radius 3 is 2.73 bits per heavy atom. The summed E-state index contributed by atoms with van der Waals surface area (Å²) in [6, 6.07) is 10.6. The molecule has 2 rings (SSSR count).